The van der Waals surface area contributed by atoms with E-state index < -0.39 is 0 Å². The lowest BCUT2D eigenvalue weighted by Crippen LogP contribution is -2.15. The molecule has 4 aromatic heterocycles. The van der Waals surface area contributed by atoms with Crippen molar-refractivity contribution in [3.8, 4) is 28.3 Å². The summed E-state index contributed by atoms with van der Waals surface area (Å²) in [5, 5.41) is 2.93. The van der Waals surface area contributed by atoms with Crippen LogP contribution in [0.25, 0.3) is 49.7 Å². The summed E-state index contributed by atoms with van der Waals surface area (Å²) in [5.41, 5.74) is 4.01. The molecule has 0 unspecified atom stereocenters. The molecule has 1 N–H and O–H groups in total. The number of fused-ring (bicyclic) bond motifs is 3. The summed E-state index contributed by atoms with van der Waals surface area (Å²) in [5.74, 6) is 1.27. The van der Waals surface area contributed by atoms with Crippen LogP contribution in [0.1, 0.15) is 6.92 Å². The smallest absolute Gasteiger partial charge is 0.332 e. The summed E-state index contributed by atoms with van der Waals surface area (Å²) in [6.07, 6.45) is 7.05. The average Bonchev–Trinajstić information content (AvgIpc) is 3.24. The van der Waals surface area contributed by atoms with E-state index in [2.05, 4.69) is 26.0 Å². The van der Waals surface area contributed by atoms with Crippen LogP contribution in [0.5, 0.6) is 11.5 Å². The summed E-state index contributed by atoms with van der Waals surface area (Å²) in [7, 11) is 1.64. The molecule has 6 rings (SSSR count). The molecule has 8 nitrogen and oxygen atoms in total. The van der Waals surface area contributed by atoms with Gasteiger partial charge in [-0.25, -0.2) is 9.78 Å². The van der Waals surface area contributed by atoms with Gasteiger partial charge in [0.25, 0.3) is 0 Å². The van der Waals surface area contributed by atoms with Crippen LogP contribution in [0.3, 0.4) is 0 Å². The number of nitrogens with zero attached hydrogens (tertiary/aromatic N) is 4. The number of aromatic amines is 1. The molecule has 0 saturated heterocycles. The molecule has 0 bridgehead atoms. The van der Waals surface area contributed by atoms with Crippen LogP contribution >= 0.6 is 0 Å². The quantitative estimate of drug-likeness (QED) is 0.391. The number of nitrogens with one attached hydrogen (secondary N) is 1. The van der Waals surface area contributed by atoms with Crippen LogP contribution < -0.4 is 15.2 Å². The maximum absolute atomic E-state index is 13.0. The maximum Gasteiger partial charge on any atom is 0.332 e. The summed E-state index contributed by atoms with van der Waals surface area (Å²) in [6, 6.07) is 15.5. The molecule has 0 spiro atoms. The molecule has 2 aromatic carbocycles. The third-order valence-corrected chi connectivity index (χ3v) is 6.06. The van der Waals surface area contributed by atoms with Crippen LogP contribution in [-0.4, -0.2) is 38.2 Å². The van der Waals surface area contributed by atoms with Crippen LogP contribution in [0.2, 0.25) is 0 Å². The first-order chi connectivity index (χ1) is 17.2. The molecule has 0 atom stereocenters. The monoisotopic (exact) mass is 463 g/mol. The molecule has 6 aromatic rings. The number of benzene rings is 2. The standard InChI is InChI=1S/C27H21N5O3/c1-3-35-23-9-11-29-26-24(23)32(27(33)31-26)19-6-7-22-20(13-19)25(34-2)21(15-30-22)17-4-5-18-14-28-10-8-16(18)12-17/h4-15H,3H2,1-2H3,(H,29,31,33). The highest BCUT2D eigenvalue weighted by Crippen LogP contribution is 2.37. The molecule has 0 saturated carbocycles. The van der Waals surface area contributed by atoms with Gasteiger partial charge in [-0.2, -0.15) is 0 Å². The molecule has 0 radical (unpaired) electrons. The van der Waals surface area contributed by atoms with Gasteiger partial charge in [-0.1, -0.05) is 12.1 Å². The molecule has 0 aliphatic heterocycles. The normalized spacial score (nSPS) is 11.4. The van der Waals surface area contributed by atoms with Gasteiger partial charge in [-0.05, 0) is 48.2 Å². The van der Waals surface area contributed by atoms with Crippen molar-refractivity contribution in [3.63, 3.8) is 0 Å². The zero-order valence-corrected chi connectivity index (χ0v) is 19.1. The molecule has 172 valence electrons. The van der Waals surface area contributed by atoms with Crippen LogP contribution in [0.4, 0.5) is 0 Å². The van der Waals surface area contributed by atoms with E-state index in [1.54, 1.807) is 30.1 Å². The van der Waals surface area contributed by atoms with Gasteiger partial charge in [-0.3, -0.25) is 19.5 Å². The van der Waals surface area contributed by atoms with Gasteiger partial charge in [0.1, 0.15) is 17.0 Å². The van der Waals surface area contributed by atoms with Crippen molar-refractivity contribution in [2.24, 2.45) is 0 Å². The molecule has 4 heterocycles. The highest BCUT2D eigenvalue weighted by Gasteiger charge is 2.17. The lowest BCUT2D eigenvalue weighted by molar-refractivity contribution is 0.343. The minimum atomic E-state index is -0.301. The Morgan fingerprint density at radius 1 is 0.971 bits per heavy atom. The fraction of sp³-hybridized carbons (Fsp3) is 0.111. The van der Waals surface area contributed by atoms with Crippen LogP contribution in [0, 0.1) is 0 Å². The Bertz CT molecular complexity index is 1790. The second-order valence-corrected chi connectivity index (χ2v) is 8.05. The first kappa shape index (κ1) is 20.9. The van der Waals surface area contributed by atoms with Gasteiger partial charge in [0.15, 0.2) is 5.65 Å². The highest BCUT2D eigenvalue weighted by atomic mass is 16.5. The Morgan fingerprint density at radius 3 is 2.74 bits per heavy atom. The number of rotatable bonds is 5. The van der Waals surface area contributed by atoms with Crippen molar-refractivity contribution in [1.29, 1.82) is 0 Å². The molecule has 0 aliphatic rings. The third kappa shape index (κ3) is 3.38. The van der Waals surface area contributed by atoms with E-state index in [0.29, 0.717) is 35.0 Å². The van der Waals surface area contributed by atoms with Gasteiger partial charge in [-0.15, -0.1) is 0 Å². The third-order valence-electron chi connectivity index (χ3n) is 6.06. The zero-order chi connectivity index (χ0) is 23.9. The Morgan fingerprint density at radius 2 is 1.89 bits per heavy atom. The van der Waals surface area contributed by atoms with Crippen LogP contribution in [0.15, 0.2) is 78.1 Å². The van der Waals surface area contributed by atoms with E-state index in [-0.39, 0.29) is 5.69 Å². The number of hydrogen-bond donors (Lipinski definition) is 1. The Labute approximate surface area is 199 Å². The lowest BCUT2D eigenvalue weighted by atomic mass is 10.0. The largest absolute Gasteiger partial charge is 0.495 e. The van der Waals surface area contributed by atoms with E-state index in [1.807, 2.05) is 55.7 Å². The first-order valence-electron chi connectivity index (χ1n) is 11.2. The molecular formula is C27H21N5O3. The summed E-state index contributed by atoms with van der Waals surface area (Å²) < 4.78 is 13.2. The van der Waals surface area contributed by atoms with E-state index in [1.165, 1.54) is 0 Å². The van der Waals surface area contributed by atoms with Crippen molar-refractivity contribution in [3.05, 3.63) is 83.8 Å². The molecule has 35 heavy (non-hydrogen) atoms. The predicted octanol–water partition coefficient (Wildman–Crippen LogP) is 4.88. The van der Waals surface area contributed by atoms with Gasteiger partial charge in [0, 0.05) is 47.2 Å². The van der Waals surface area contributed by atoms with Gasteiger partial charge in [0.05, 0.1) is 24.9 Å². The van der Waals surface area contributed by atoms with Crippen molar-refractivity contribution >= 4 is 32.8 Å². The first-order valence-corrected chi connectivity index (χ1v) is 11.2. The number of methoxy groups -OCH3 is 1. The minimum Gasteiger partial charge on any atom is -0.495 e. The molecule has 0 amide bonds. The number of imidazole rings is 1. The Hall–Kier alpha value is -4.72. The number of pyridine rings is 3. The van der Waals surface area contributed by atoms with Crippen molar-refractivity contribution in [1.82, 2.24) is 24.5 Å². The van der Waals surface area contributed by atoms with Crippen molar-refractivity contribution in [2.75, 3.05) is 13.7 Å². The summed E-state index contributed by atoms with van der Waals surface area (Å²) in [4.78, 5) is 29.0. The predicted molar refractivity (Wildman–Crippen MR) is 135 cm³/mol. The summed E-state index contributed by atoms with van der Waals surface area (Å²) >= 11 is 0. The number of aromatic nitrogens is 5. The number of H-pyrrole nitrogens is 1. The van der Waals surface area contributed by atoms with Gasteiger partial charge >= 0.3 is 5.69 Å². The average molecular weight is 463 g/mol. The molecule has 0 fully saturated rings. The van der Waals surface area contributed by atoms with Crippen molar-refractivity contribution in [2.45, 2.75) is 6.92 Å². The number of hydrogen-bond acceptors (Lipinski definition) is 6. The van der Waals surface area contributed by atoms with Gasteiger partial charge in [0.2, 0.25) is 0 Å². The Kier molecular flexibility index (Phi) is 4.92. The lowest BCUT2D eigenvalue weighted by Gasteiger charge is -2.14. The minimum absolute atomic E-state index is 0.301. The zero-order valence-electron chi connectivity index (χ0n) is 19.1. The number of ether oxygens (including phenoxy) is 2. The second kappa shape index (κ2) is 8.25. The maximum atomic E-state index is 13.0. The summed E-state index contributed by atoms with van der Waals surface area (Å²) in [6.45, 7) is 2.37. The van der Waals surface area contributed by atoms with Gasteiger partial charge < -0.3 is 9.47 Å². The fourth-order valence-electron chi connectivity index (χ4n) is 4.49. The SMILES string of the molecule is CCOc1ccnc2[nH]c(=O)n(-c3ccc4ncc(-c5ccc6cnccc6c5)c(OC)c4c3)c12. The molecule has 0 aliphatic carbocycles. The van der Waals surface area contributed by atoms with E-state index in [0.717, 1.165) is 32.8 Å². The fourth-order valence-corrected chi connectivity index (χ4v) is 4.49. The molecular weight excluding hydrogens is 442 g/mol. The van der Waals surface area contributed by atoms with Crippen LogP contribution in [-0.2, 0) is 0 Å². The Balaban J connectivity index is 1.58. The second-order valence-electron chi connectivity index (χ2n) is 8.05. The van der Waals surface area contributed by atoms with E-state index in [9.17, 15) is 4.79 Å². The van der Waals surface area contributed by atoms with Crippen molar-refractivity contribution < 1.29 is 9.47 Å². The topological polar surface area (TPSA) is 94.9 Å². The van der Waals surface area contributed by atoms with E-state index in [4.69, 9.17) is 9.47 Å². The molecule has 8 heteroatoms. The van der Waals surface area contributed by atoms with E-state index >= 15 is 0 Å². The highest BCUT2D eigenvalue weighted by molar-refractivity contribution is 5.96.